The molecule has 1 atom stereocenters. The van der Waals surface area contributed by atoms with Crippen molar-refractivity contribution in [3.63, 3.8) is 0 Å². The van der Waals surface area contributed by atoms with Gasteiger partial charge < -0.3 is 0 Å². The van der Waals surface area contributed by atoms with Crippen LogP contribution in [-0.4, -0.2) is 15.0 Å². The average Bonchev–Trinajstić information content (AvgIpc) is 2.64. The first-order chi connectivity index (χ1) is 8.54. The lowest BCUT2D eigenvalue weighted by Crippen LogP contribution is -2.31. The van der Waals surface area contributed by atoms with Crippen LogP contribution in [0.15, 0.2) is 27.3 Å². The smallest absolute Gasteiger partial charge is 0.153 e. The van der Waals surface area contributed by atoms with E-state index in [2.05, 4.69) is 53.7 Å². The van der Waals surface area contributed by atoms with Crippen LogP contribution in [0.25, 0.3) is 0 Å². The Balaban J connectivity index is 2.52. The maximum atomic E-state index is 5.68. The van der Waals surface area contributed by atoms with Gasteiger partial charge in [-0.05, 0) is 40.0 Å². The SMILES string of the molecule is Cc1ccc(C(NN)c2c(Br)nnn2C)c(Br)c1. The Morgan fingerprint density at radius 1 is 1.39 bits per heavy atom. The van der Waals surface area contributed by atoms with Crippen molar-refractivity contribution in [3.05, 3.63) is 44.1 Å². The van der Waals surface area contributed by atoms with Gasteiger partial charge in [0.2, 0.25) is 0 Å². The molecule has 1 unspecified atom stereocenters. The second kappa shape index (κ2) is 5.48. The first kappa shape index (κ1) is 13.7. The van der Waals surface area contributed by atoms with Crippen molar-refractivity contribution in [2.45, 2.75) is 13.0 Å². The Kier molecular flexibility index (Phi) is 4.16. The number of hydrazine groups is 1. The molecule has 7 heteroatoms. The van der Waals surface area contributed by atoms with Crippen molar-refractivity contribution in [2.24, 2.45) is 12.9 Å². The van der Waals surface area contributed by atoms with E-state index in [0.717, 1.165) is 15.7 Å². The molecule has 3 N–H and O–H groups in total. The largest absolute Gasteiger partial charge is 0.271 e. The van der Waals surface area contributed by atoms with Gasteiger partial charge >= 0.3 is 0 Å². The van der Waals surface area contributed by atoms with Crippen molar-refractivity contribution < 1.29 is 0 Å². The summed E-state index contributed by atoms with van der Waals surface area (Å²) in [5.74, 6) is 5.68. The standard InChI is InChI=1S/C11H13Br2N5/c1-6-3-4-7(8(12)5-6)9(15-14)10-11(13)16-17-18(10)2/h3-5,9,15H,14H2,1-2H3. The predicted octanol–water partition coefficient (Wildman–Crippen LogP) is 2.20. The number of rotatable bonds is 3. The fraction of sp³-hybridized carbons (Fsp3) is 0.273. The molecule has 0 saturated heterocycles. The minimum atomic E-state index is -0.186. The summed E-state index contributed by atoms with van der Waals surface area (Å²) >= 11 is 6.95. The molecule has 96 valence electrons. The van der Waals surface area contributed by atoms with Crippen LogP contribution in [0.2, 0.25) is 0 Å². The molecule has 1 aromatic carbocycles. The van der Waals surface area contributed by atoms with Crippen LogP contribution in [0.5, 0.6) is 0 Å². The lowest BCUT2D eigenvalue weighted by Gasteiger charge is -2.18. The van der Waals surface area contributed by atoms with E-state index in [1.165, 1.54) is 5.56 Å². The van der Waals surface area contributed by atoms with Gasteiger partial charge in [0.1, 0.15) is 0 Å². The summed E-state index contributed by atoms with van der Waals surface area (Å²) in [6.07, 6.45) is 0. The molecule has 0 amide bonds. The first-order valence-electron chi connectivity index (χ1n) is 5.32. The molecule has 0 radical (unpaired) electrons. The number of hydrogen-bond donors (Lipinski definition) is 2. The fourth-order valence-corrected chi connectivity index (χ4v) is 3.11. The van der Waals surface area contributed by atoms with Crippen LogP contribution in [0.1, 0.15) is 22.9 Å². The highest BCUT2D eigenvalue weighted by molar-refractivity contribution is 9.10. The Bertz CT molecular complexity index is 547. The minimum absolute atomic E-state index is 0.186. The molecular formula is C11H13Br2N5. The second-order valence-electron chi connectivity index (χ2n) is 4.01. The average molecular weight is 375 g/mol. The molecule has 0 fully saturated rings. The zero-order valence-corrected chi connectivity index (χ0v) is 13.2. The highest BCUT2D eigenvalue weighted by atomic mass is 79.9. The summed E-state index contributed by atoms with van der Waals surface area (Å²) in [7, 11) is 1.83. The number of nitrogens with two attached hydrogens (primary N) is 1. The van der Waals surface area contributed by atoms with Crippen molar-refractivity contribution >= 4 is 31.9 Å². The topological polar surface area (TPSA) is 68.8 Å². The molecule has 0 spiro atoms. The molecule has 2 rings (SSSR count). The number of nitrogens with zero attached hydrogens (tertiary/aromatic N) is 3. The van der Waals surface area contributed by atoms with E-state index in [1.807, 2.05) is 26.1 Å². The van der Waals surface area contributed by atoms with E-state index in [-0.39, 0.29) is 6.04 Å². The number of aromatic nitrogens is 3. The van der Waals surface area contributed by atoms with Gasteiger partial charge in [0.25, 0.3) is 0 Å². The van der Waals surface area contributed by atoms with Crippen molar-refractivity contribution in [2.75, 3.05) is 0 Å². The van der Waals surface area contributed by atoms with Gasteiger partial charge in [-0.15, -0.1) is 5.10 Å². The van der Waals surface area contributed by atoms with Crippen molar-refractivity contribution in [1.29, 1.82) is 0 Å². The Labute approximate surface area is 122 Å². The van der Waals surface area contributed by atoms with Crippen LogP contribution in [0, 0.1) is 6.92 Å². The van der Waals surface area contributed by atoms with Crippen molar-refractivity contribution in [3.8, 4) is 0 Å². The molecule has 0 aliphatic heterocycles. The van der Waals surface area contributed by atoms with Gasteiger partial charge in [0, 0.05) is 11.5 Å². The monoisotopic (exact) mass is 373 g/mol. The summed E-state index contributed by atoms with van der Waals surface area (Å²) in [5, 5.41) is 7.94. The molecule has 0 aliphatic rings. The summed E-state index contributed by atoms with van der Waals surface area (Å²) in [4.78, 5) is 0. The fourth-order valence-electron chi connectivity index (χ4n) is 1.83. The number of nitrogens with one attached hydrogen (secondary N) is 1. The van der Waals surface area contributed by atoms with Gasteiger partial charge in [-0.3, -0.25) is 5.84 Å². The second-order valence-corrected chi connectivity index (χ2v) is 5.62. The summed E-state index contributed by atoms with van der Waals surface area (Å²) in [6, 6.07) is 5.94. The zero-order chi connectivity index (χ0) is 13.3. The third kappa shape index (κ3) is 2.49. The molecule has 0 saturated carbocycles. The van der Waals surface area contributed by atoms with E-state index in [9.17, 15) is 0 Å². The molecule has 0 aliphatic carbocycles. The molecule has 18 heavy (non-hydrogen) atoms. The predicted molar refractivity (Wildman–Crippen MR) is 76.7 cm³/mol. The van der Waals surface area contributed by atoms with Gasteiger partial charge in [0.05, 0.1) is 11.7 Å². The lowest BCUT2D eigenvalue weighted by molar-refractivity contribution is 0.567. The molecule has 2 aromatic rings. The van der Waals surface area contributed by atoms with E-state index in [0.29, 0.717) is 4.60 Å². The summed E-state index contributed by atoms with van der Waals surface area (Å²) < 4.78 is 3.37. The Morgan fingerprint density at radius 2 is 2.11 bits per heavy atom. The number of hydrogen-bond acceptors (Lipinski definition) is 4. The van der Waals surface area contributed by atoms with Crippen LogP contribution in [-0.2, 0) is 7.05 Å². The van der Waals surface area contributed by atoms with Crippen LogP contribution < -0.4 is 11.3 Å². The first-order valence-corrected chi connectivity index (χ1v) is 6.90. The van der Waals surface area contributed by atoms with Gasteiger partial charge in [-0.2, -0.15) is 0 Å². The maximum Gasteiger partial charge on any atom is 0.153 e. The highest BCUT2D eigenvalue weighted by Gasteiger charge is 2.22. The van der Waals surface area contributed by atoms with E-state index in [1.54, 1.807) is 4.68 Å². The molecule has 1 aromatic heterocycles. The Hall–Kier alpha value is -0.760. The summed E-state index contributed by atoms with van der Waals surface area (Å²) in [6.45, 7) is 2.04. The highest BCUT2D eigenvalue weighted by Crippen LogP contribution is 2.31. The van der Waals surface area contributed by atoms with Gasteiger partial charge in [-0.25, -0.2) is 10.1 Å². The third-order valence-corrected chi connectivity index (χ3v) is 3.99. The van der Waals surface area contributed by atoms with Crippen molar-refractivity contribution in [1.82, 2.24) is 20.4 Å². The minimum Gasteiger partial charge on any atom is -0.271 e. The van der Waals surface area contributed by atoms with E-state index < -0.39 is 0 Å². The molecule has 1 heterocycles. The molecular weight excluding hydrogens is 362 g/mol. The number of aryl methyl sites for hydroxylation is 2. The number of halogens is 2. The Morgan fingerprint density at radius 3 is 2.61 bits per heavy atom. The normalized spacial score (nSPS) is 12.7. The zero-order valence-electron chi connectivity index (χ0n) is 9.98. The van der Waals surface area contributed by atoms with Crippen LogP contribution in [0.3, 0.4) is 0 Å². The molecule has 5 nitrogen and oxygen atoms in total. The van der Waals surface area contributed by atoms with Crippen LogP contribution >= 0.6 is 31.9 Å². The summed E-state index contributed by atoms with van der Waals surface area (Å²) in [5.41, 5.74) is 5.90. The van der Waals surface area contributed by atoms with E-state index in [4.69, 9.17) is 5.84 Å². The van der Waals surface area contributed by atoms with Crippen LogP contribution in [0.4, 0.5) is 0 Å². The lowest BCUT2D eigenvalue weighted by atomic mass is 10.0. The molecule has 0 bridgehead atoms. The van der Waals surface area contributed by atoms with Gasteiger partial charge in [-0.1, -0.05) is 33.3 Å². The number of benzene rings is 1. The third-order valence-electron chi connectivity index (χ3n) is 2.73. The quantitative estimate of drug-likeness (QED) is 0.638. The maximum absolute atomic E-state index is 5.68. The van der Waals surface area contributed by atoms with Gasteiger partial charge in [0.15, 0.2) is 4.60 Å². The van der Waals surface area contributed by atoms with E-state index >= 15 is 0 Å².